The fraction of sp³-hybridized carbons (Fsp3) is 0.0714. The maximum absolute atomic E-state index is 11.8. The molecule has 2 aromatic carbocycles. The van der Waals surface area contributed by atoms with E-state index >= 15 is 0 Å². The first kappa shape index (κ1) is 15.1. The zero-order valence-electron chi connectivity index (χ0n) is 12.0. The topological polar surface area (TPSA) is 107 Å². The van der Waals surface area contributed by atoms with Crippen LogP contribution >= 0.6 is 0 Å². The lowest BCUT2D eigenvalue weighted by Crippen LogP contribution is -2.18. The van der Waals surface area contributed by atoms with E-state index in [4.69, 9.17) is 0 Å². The Morgan fingerprint density at radius 2 is 1.96 bits per heavy atom. The monoisotopic (exact) mass is 332 g/mol. The highest BCUT2D eigenvalue weighted by atomic mass is 32.2. The number of hydrogen-bond donors (Lipinski definition) is 1. The van der Waals surface area contributed by atoms with Crippen LogP contribution in [0.15, 0.2) is 53.7 Å². The van der Waals surface area contributed by atoms with Crippen LogP contribution in [0.5, 0.6) is 0 Å². The number of nitro groups is 1. The summed E-state index contributed by atoms with van der Waals surface area (Å²) in [7, 11) is -2.51. The van der Waals surface area contributed by atoms with Crippen molar-refractivity contribution in [3.63, 3.8) is 0 Å². The smallest absolute Gasteiger partial charge is 0.293 e. The number of nitro benzene ring substituents is 1. The van der Waals surface area contributed by atoms with Crippen molar-refractivity contribution >= 4 is 26.7 Å². The predicted octanol–water partition coefficient (Wildman–Crippen LogP) is 1.84. The van der Waals surface area contributed by atoms with Crippen LogP contribution in [-0.2, 0) is 10.0 Å². The van der Waals surface area contributed by atoms with Crippen molar-refractivity contribution in [1.82, 2.24) is 14.3 Å². The zero-order valence-corrected chi connectivity index (χ0v) is 12.8. The molecule has 23 heavy (non-hydrogen) atoms. The van der Waals surface area contributed by atoms with E-state index in [1.54, 1.807) is 22.8 Å². The van der Waals surface area contributed by atoms with Gasteiger partial charge in [0.05, 0.1) is 20.9 Å². The van der Waals surface area contributed by atoms with Gasteiger partial charge in [0.25, 0.3) is 5.69 Å². The van der Waals surface area contributed by atoms with Gasteiger partial charge in [-0.1, -0.05) is 12.1 Å². The van der Waals surface area contributed by atoms with Crippen molar-refractivity contribution < 1.29 is 13.3 Å². The highest BCUT2D eigenvalue weighted by molar-refractivity contribution is 7.89. The molecule has 0 fully saturated rings. The van der Waals surface area contributed by atoms with Gasteiger partial charge in [-0.3, -0.25) is 14.7 Å². The van der Waals surface area contributed by atoms with E-state index in [0.29, 0.717) is 11.0 Å². The number of aromatic nitrogens is 2. The van der Waals surface area contributed by atoms with Gasteiger partial charge < -0.3 is 0 Å². The number of fused-ring (bicyclic) bond motifs is 1. The quantitative estimate of drug-likeness (QED) is 0.579. The lowest BCUT2D eigenvalue weighted by Gasteiger charge is -2.08. The summed E-state index contributed by atoms with van der Waals surface area (Å²) in [5.41, 5.74) is 1.32. The summed E-state index contributed by atoms with van der Waals surface area (Å²) in [6.45, 7) is 0. The van der Waals surface area contributed by atoms with Gasteiger partial charge in [-0.15, -0.1) is 0 Å². The Kier molecular flexibility index (Phi) is 3.58. The molecule has 0 atom stereocenters. The molecule has 9 heteroatoms. The SMILES string of the molecule is CNS(=O)(=O)c1ccc(-n2cnc3ccccc32)c([N+](=O)[O-])c1. The van der Waals surface area contributed by atoms with Crippen LogP contribution in [0.25, 0.3) is 16.7 Å². The van der Waals surface area contributed by atoms with E-state index in [2.05, 4.69) is 9.71 Å². The highest BCUT2D eigenvalue weighted by Gasteiger charge is 2.22. The average molecular weight is 332 g/mol. The minimum absolute atomic E-state index is 0.167. The minimum Gasteiger partial charge on any atom is -0.293 e. The molecule has 3 rings (SSSR count). The fourth-order valence-corrected chi connectivity index (χ4v) is 3.04. The number of imidazole rings is 1. The van der Waals surface area contributed by atoms with E-state index < -0.39 is 14.9 Å². The third-order valence-electron chi connectivity index (χ3n) is 3.44. The Morgan fingerprint density at radius 1 is 1.22 bits per heavy atom. The normalized spacial score (nSPS) is 11.7. The van der Waals surface area contributed by atoms with Gasteiger partial charge in [0.15, 0.2) is 0 Å². The maximum Gasteiger partial charge on any atom is 0.294 e. The van der Waals surface area contributed by atoms with Gasteiger partial charge in [0.1, 0.15) is 12.0 Å². The molecule has 0 aliphatic heterocycles. The Balaban J connectivity index is 2.26. The van der Waals surface area contributed by atoms with Crippen LogP contribution < -0.4 is 4.72 Å². The van der Waals surface area contributed by atoms with E-state index in [1.165, 1.54) is 25.5 Å². The Labute approximate surface area is 131 Å². The summed E-state index contributed by atoms with van der Waals surface area (Å²) < 4.78 is 27.4. The van der Waals surface area contributed by atoms with Gasteiger partial charge >= 0.3 is 0 Å². The molecule has 118 valence electrons. The predicted molar refractivity (Wildman–Crippen MR) is 84.0 cm³/mol. The van der Waals surface area contributed by atoms with Crippen LogP contribution in [0.2, 0.25) is 0 Å². The van der Waals surface area contributed by atoms with E-state index in [1.807, 2.05) is 6.07 Å². The van der Waals surface area contributed by atoms with E-state index in [9.17, 15) is 18.5 Å². The van der Waals surface area contributed by atoms with E-state index in [-0.39, 0.29) is 16.3 Å². The van der Waals surface area contributed by atoms with Crippen molar-refractivity contribution in [2.45, 2.75) is 4.90 Å². The Hall–Kier alpha value is -2.78. The molecule has 0 saturated heterocycles. The largest absolute Gasteiger partial charge is 0.294 e. The highest BCUT2D eigenvalue weighted by Crippen LogP contribution is 2.28. The van der Waals surface area contributed by atoms with Gasteiger partial charge in [0, 0.05) is 6.07 Å². The molecule has 1 heterocycles. The molecule has 0 amide bonds. The van der Waals surface area contributed by atoms with Crippen molar-refractivity contribution in [3.8, 4) is 5.69 Å². The minimum atomic E-state index is -3.76. The van der Waals surface area contributed by atoms with Crippen molar-refractivity contribution in [2.24, 2.45) is 0 Å². The van der Waals surface area contributed by atoms with Crippen LogP contribution in [0.3, 0.4) is 0 Å². The molecule has 0 spiro atoms. The second-order valence-electron chi connectivity index (χ2n) is 4.72. The molecule has 0 aliphatic carbocycles. The summed E-state index contributed by atoms with van der Waals surface area (Å²) in [5, 5.41) is 11.4. The molecule has 8 nitrogen and oxygen atoms in total. The zero-order chi connectivity index (χ0) is 16.6. The first-order chi connectivity index (χ1) is 10.9. The molecule has 0 saturated carbocycles. The third-order valence-corrected chi connectivity index (χ3v) is 4.85. The number of hydrogen-bond acceptors (Lipinski definition) is 5. The summed E-state index contributed by atoms with van der Waals surface area (Å²) in [6, 6.07) is 10.9. The summed E-state index contributed by atoms with van der Waals surface area (Å²) >= 11 is 0. The average Bonchev–Trinajstić information content (AvgIpc) is 2.98. The Morgan fingerprint density at radius 3 is 2.65 bits per heavy atom. The lowest BCUT2D eigenvalue weighted by atomic mass is 10.2. The molecule has 1 aromatic heterocycles. The van der Waals surface area contributed by atoms with Crippen LogP contribution in [0.1, 0.15) is 0 Å². The molecule has 0 aliphatic rings. The number of nitrogens with zero attached hydrogens (tertiary/aromatic N) is 3. The maximum atomic E-state index is 11.8. The standard InChI is InChI=1S/C14H12N4O4S/c1-15-23(21,22)10-6-7-13(14(8-10)18(19)20)17-9-16-11-4-2-3-5-12(11)17/h2-9,15H,1H3. The first-order valence-electron chi connectivity index (χ1n) is 6.58. The second-order valence-corrected chi connectivity index (χ2v) is 6.61. The van der Waals surface area contributed by atoms with Gasteiger partial charge in [0.2, 0.25) is 10.0 Å². The van der Waals surface area contributed by atoms with Gasteiger partial charge in [-0.05, 0) is 31.3 Å². The molecule has 3 aromatic rings. The number of sulfonamides is 1. The first-order valence-corrected chi connectivity index (χ1v) is 8.07. The summed E-state index contributed by atoms with van der Waals surface area (Å²) in [4.78, 5) is 14.8. The van der Waals surface area contributed by atoms with Crippen LogP contribution in [0, 0.1) is 10.1 Å². The molecule has 1 N–H and O–H groups in total. The van der Waals surface area contributed by atoms with E-state index in [0.717, 1.165) is 6.07 Å². The number of para-hydroxylation sites is 2. The fourth-order valence-electron chi connectivity index (χ4n) is 2.29. The molecule has 0 radical (unpaired) electrons. The number of nitrogens with one attached hydrogen (secondary N) is 1. The molecule has 0 bridgehead atoms. The van der Waals surface area contributed by atoms with Gasteiger partial charge in [-0.25, -0.2) is 18.1 Å². The van der Waals surface area contributed by atoms with Gasteiger partial charge in [-0.2, -0.15) is 0 Å². The number of rotatable bonds is 4. The molecule has 0 unspecified atom stereocenters. The van der Waals surface area contributed by atoms with Crippen LogP contribution in [0.4, 0.5) is 5.69 Å². The lowest BCUT2D eigenvalue weighted by molar-refractivity contribution is -0.384. The van der Waals surface area contributed by atoms with Crippen molar-refractivity contribution in [3.05, 3.63) is 58.9 Å². The third kappa shape index (κ3) is 2.56. The summed E-state index contributed by atoms with van der Waals surface area (Å²) in [5.74, 6) is 0. The molecular formula is C14H12N4O4S. The second kappa shape index (κ2) is 5.45. The van der Waals surface area contributed by atoms with Crippen molar-refractivity contribution in [2.75, 3.05) is 7.05 Å². The Bertz CT molecular complexity index is 1010. The van der Waals surface area contributed by atoms with Crippen LogP contribution in [-0.4, -0.2) is 29.9 Å². The summed E-state index contributed by atoms with van der Waals surface area (Å²) in [6.07, 6.45) is 1.47. The van der Waals surface area contributed by atoms with Crippen molar-refractivity contribution in [1.29, 1.82) is 0 Å². The number of benzene rings is 2. The molecular weight excluding hydrogens is 320 g/mol.